The number of carbonyl (C=O) groups excluding carboxylic acids is 2. The highest BCUT2D eigenvalue weighted by Gasteiger charge is 2.63. The Labute approximate surface area is 215 Å². The van der Waals surface area contributed by atoms with Crippen molar-refractivity contribution in [3.05, 3.63) is 89.9 Å². The summed E-state index contributed by atoms with van der Waals surface area (Å²) >= 11 is 0. The van der Waals surface area contributed by atoms with Gasteiger partial charge in [0.15, 0.2) is 16.4 Å². The second-order valence-electron chi connectivity index (χ2n) is 9.63. The third-order valence-electron chi connectivity index (χ3n) is 7.27. The molecule has 6 heteroatoms. The van der Waals surface area contributed by atoms with Crippen LogP contribution in [0.3, 0.4) is 0 Å². The summed E-state index contributed by atoms with van der Waals surface area (Å²) in [5.74, 6) is 0.573. The van der Waals surface area contributed by atoms with Gasteiger partial charge in [0.2, 0.25) is 0 Å². The Bertz CT molecular complexity index is 1190. The van der Waals surface area contributed by atoms with Crippen LogP contribution in [0.15, 0.2) is 88.5 Å². The maximum atomic E-state index is 12.7. The average molecular weight is 504 g/mol. The number of ether oxygens (including phenoxy) is 3. The van der Waals surface area contributed by atoms with Gasteiger partial charge in [-0.2, -0.15) is 0 Å². The number of fused-ring (bicyclic) bond motifs is 1. The molecule has 0 N–H and O–H groups in total. The van der Waals surface area contributed by atoms with Gasteiger partial charge >= 0.3 is 11.9 Å². The van der Waals surface area contributed by atoms with Gasteiger partial charge in [0, 0.05) is 24.0 Å². The van der Waals surface area contributed by atoms with Crippen LogP contribution in [0.2, 0.25) is 0 Å². The molecule has 2 aromatic rings. The van der Waals surface area contributed by atoms with E-state index in [0.717, 1.165) is 24.0 Å². The Kier molecular flexibility index (Phi) is 7.06. The Morgan fingerprint density at radius 3 is 2.56 bits per heavy atom. The first-order valence-electron chi connectivity index (χ1n) is 12.3. The minimum Gasteiger partial charge on any atom is -0.481 e. The van der Waals surface area contributed by atoms with Crippen molar-refractivity contribution in [2.45, 2.75) is 48.7 Å². The van der Waals surface area contributed by atoms with Crippen LogP contribution in [-0.2, 0) is 30.0 Å². The van der Waals surface area contributed by atoms with Crippen molar-refractivity contribution in [1.82, 2.24) is 0 Å². The molecule has 3 fully saturated rings. The van der Waals surface area contributed by atoms with E-state index in [9.17, 15) is 9.59 Å². The molecule has 3 aliphatic rings. The molecule has 1 saturated heterocycles. The largest absolute Gasteiger partial charge is 0.481 e. The quantitative estimate of drug-likeness (QED) is 0.258. The molecule has 0 aromatic heterocycles. The second kappa shape index (κ2) is 10.4. The molecule has 0 amide bonds. The number of hydrogen-bond acceptors (Lipinski definition) is 5. The highest BCUT2D eigenvalue weighted by molar-refractivity contribution is 7.99. The molecule has 186 valence electrons. The van der Waals surface area contributed by atoms with Crippen LogP contribution in [0.5, 0.6) is 5.75 Å². The lowest BCUT2D eigenvalue weighted by Crippen LogP contribution is -2.37. The predicted molar refractivity (Wildman–Crippen MR) is 140 cm³/mol. The van der Waals surface area contributed by atoms with Gasteiger partial charge in [-0.15, -0.1) is 0 Å². The van der Waals surface area contributed by atoms with E-state index in [4.69, 9.17) is 14.2 Å². The SMILES string of the molecule is C=C/C=C\C=C\[S+](c1ccccc1)c1cc(C)c(OCC(=O)OC2C3CC4C(=O)OC2C4C3)c(C)c1. The molecular weight excluding hydrogens is 472 g/mol. The highest BCUT2D eigenvalue weighted by Crippen LogP contribution is 2.55. The van der Waals surface area contributed by atoms with Crippen LogP contribution in [0, 0.1) is 31.6 Å². The van der Waals surface area contributed by atoms with Crippen molar-refractivity contribution in [3.8, 4) is 5.75 Å². The van der Waals surface area contributed by atoms with Gasteiger partial charge in [0.25, 0.3) is 0 Å². The molecule has 0 spiro atoms. The monoisotopic (exact) mass is 503 g/mol. The number of allylic oxidation sites excluding steroid dienone is 4. The summed E-state index contributed by atoms with van der Waals surface area (Å²) < 4.78 is 17.2. The number of benzene rings is 2. The van der Waals surface area contributed by atoms with E-state index in [1.165, 1.54) is 9.79 Å². The second-order valence-corrected chi connectivity index (χ2v) is 11.5. The molecule has 2 aliphatic carbocycles. The standard InChI is InChI=1S/C30H31O5S/c1-4-5-6-10-13-36(22-11-8-7-9-12-22)23-14-19(2)27(20(3)15-23)33-18-26(31)34-28-21-16-24-25(17-21)30(32)35-29(24)28/h4-15,21,24-25,28-29H,1,16-18H2,2-3H3/q+1/b6-5-,13-10+. The van der Waals surface area contributed by atoms with E-state index in [1.54, 1.807) is 6.08 Å². The van der Waals surface area contributed by atoms with Crippen molar-refractivity contribution < 1.29 is 23.8 Å². The Morgan fingerprint density at radius 1 is 1.08 bits per heavy atom. The van der Waals surface area contributed by atoms with E-state index in [0.29, 0.717) is 5.75 Å². The first-order chi connectivity index (χ1) is 17.5. The van der Waals surface area contributed by atoms with E-state index in [-0.39, 0.29) is 53.4 Å². The van der Waals surface area contributed by atoms with Crippen molar-refractivity contribution in [2.75, 3.05) is 6.61 Å². The van der Waals surface area contributed by atoms with Crippen molar-refractivity contribution in [2.24, 2.45) is 17.8 Å². The third kappa shape index (κ3) is 4.74. The summed E-state index contributed by atoms with van der Waals surface area (Å²) in [5, 5.41) is 2.19. The van der Waals surface area contributed by atoms with Gasteiger partial charge in [-0.25, -0.2) is 4.79 Å². The lowest BCUT2D eigenvalue weighted by Gasteiger charge is -2.25. The molecule has 5 nitrogen and oxygen atoms in total. The Morgan fingerprint density at radius 2 is 1.83 bits per heavy atom. The zero-order valence-corrected chi connectivity index (χ0v) is 21.4. The molecule has 0 radical (unpaired) electrons. The van der Waals surface area contributed by atoms with Crippen LogP contribution in [0.4, 0.5) is 0 Å². The van der Waals surface area contributed by atoms with Crippen LogP contribution in [-0.4, -0.2) is 30.8 Å². The molecule has 2 bridgehead atoms. The maximum absolute atomic E-state index is 12.7. The zero-order valence-electron chi connectivity index (χ0n) is 20.6. The van der Waals surface area contributed by atoms with Crippen LogP contribution in [0.1, 0.15) is 24.0 Å². The summed E-state index contributed by atoms with van der Waals surface area (Å²) in [6.07, 6.45) is 8.72. The third-order valence-corrected chi connectivity index (χ3v) is 9.23. The molecule has 5 rings (SSSR count). The van der Waals surface area contributed by atoms with E-state index in [2.05, 4.69) is 36.3 Å². The number of hydrogen-bond donors (Lipinski definition) is 0. The van der Waals surface area contributed by atoms with E-state index < -0.39 is 5.97 Å². The first-order valence-corrected chi connectivity index (χ1v) is 13.6. The summed E-state index contributed by atoms with van der Waals surface area (Å²) in [7, 11) is -0.260. The van der Waals surface area contributed by atoms with Gasteiger partial charge in [-0.3, -0.25) is 4.79 Å². The first kappa shape index (κ1) is 24.4. The highest BCUT2D eigenvalue weighted by atomic mass is 32.2. The Balaban J connectivity index is 1.27. The number of esters is 2. The normalized spacial score (nSPS) is 26.9. The van der Waals surface area contributed by atoms with E-state index in [1.807, 2.05) is 50.3 Å². The minimum absolute atomic E-state index is 0.00305. The fourth-order valence-corrected chi connectivity index (χ4v) is 7.67. The average Bonchev–Trinajstić information content (AvgIpc) is 3.49. The molecule has 6 atom stereocenters. The van der Waals surface area contributed by atoms with Gasteiger partial charge in [-0.05, 0) is 56.0 Å². The fourth-order valence-electron chi connectivity index (χ4n) is 5.77. The number of rotatable bonds is 9. The summed E-state index contributed by atoms with van der Waals surface area (Å²) in [6.45, 7) is 7.55. The molecule has 36 heavy (non-hydrogen) atoms. The van der Waals surface area contributed by atoms with Crippen LogP contribution >= 0.6 is 0 Å². The van der Waals surface area contributed by atoms with Crippen molar-refractivity contribution in [3.63, 3.8) is 0 Å². The molecule has 1 heterocycles. The summed E-state index contributed by atoms with van der Waals surface area (Å²) in [4.78, 5) is 27.0. The van der Waals surface area contributed by atoms with Crippen LogP contribution in [0.25, 0.3) is 0 Å². The Hall–Kier alpha value is -3.25. The number of aryl methyl sites for hydroxylation is 2. The molecular formula is C30H31O5S+. The predicted octanol–water partition coefficient (Wildman–Crippen LogP) is 5.47. The zero-order chi connectivity index (χ0) is 25.2. The molecule has 1 aliphatic heterocycles. The summed E-state index contributed by atoms with van der Waals surface area (Å²) in [5.41, 5.74) is 1.93. The fraction of sp³-hybridized carbons (Fsp3) is 0.333. The van der Waals surface area contributed by atoms with E-state index >= 15 is 0 Å². The maximum Gasteiger partial charge on any atom is 0.344 e. The minimum atomic E-state index is -0.420. The molecule has 2 aromatic carbocycles. The van der Waals surface area contributed by atoms with Gasteiger partial charge < -0.3 is 14.2 Å². The topological polar surface area (TPSA) is 61.8 Å². The van der Waals surface area contributed by atoms with Gasteiger partial charge in [0.1, 0.15) is 23.4 Å². The summed E-state index contributed by atoms with van der Waals surface area (Å²) in [6, 6.07) is 14.6. The van der Waals surface area contributed by atoms with Gasteiger partial charge in [0.05, 0.1) is 16.8 Å². The number of carbonyl (C=O) groups is 2. The lowest BCUT2D eigenvalue weighted by atomic mass is 9.88. The van der Waals surface area contributed by atoms with Crippen LogP contribution < -0.4 is 4.74 Å². The molecule has 6 unspecified atom stereocenters. The lowest BCUT2D eigenvalue weighted by molar-refractivity contribution is -0.163. The smallest absolute Gasteiger partial charge is 0.344 e. The van der Waals surface area contributed by atoms with Gasteiger partial charge in [-0.1, -0.05) is 43.0 Å². The van der Waals surface area contributed by atoms with Crippen molar-refractivity contribution >= 4 is 22.8 Å². The molecule has 2 saturated carbocycles. The van der Waals surface area contributed by atoms with Crippen molar-refractivity contribution in [1.29, 1.82) is 0 Å².